The molecule has 90 valence electrons. The van der Waals surface area contributed by atoms with Gasteiger partial charge in [-0.2, -0.15) is 0 Å². The number of rotatable bonds is 3. The Labute approximate surface area is 122 Å². The van der Waals surface area contributed by atoms with Crippen LogP contribution in [0, 0.1) is 8.70 Å². The van der Waals surface area contributed by atoms with Crippen LogP contribution in [-0.4, -0.2) is 7.11 Å². The molecule has 2 aromatic rings. The number of hydrogen-bond acceptors (Lipinski definition) is 2. The maximum Gasteiger partial charge on any atom is 0.131 e. The number of halogens is 3. The van der Waals surface area contributed by atoms with Crippen LogP contribution in [-0.2, 0) is 0 Å². The average molecular weight is 383 g/mol. The van der Waals surface area contributed by atoms with Gasteiger partial charge in [-0.15, -0.1) is 22.9 Å². The molecule has 0 saturated heterocycles. The molecule has 1 aromatic carbocycles. The first-order chi connectivity index (χ1) is 8.11. The van der Waals surface area contributed by atoms with Crippen LogP contribution in [0.5, 0.6) is 5.75 Å². The lowest BCUT2D eigenvalue weighted by Crippen LogP contribution is -1.96. The highest BCUT2D eigenvalue weighted by Crippen LogP contribution is 2.34. The maximum atomic E-state index is 13.8. The molecule has 1 nitrogen and oxygen atoms in total. The third kappa shape index (κ3) is 2.92. The molecule has 0 radical (unpaired) electrons. The van der Waals surface area contributed by atoms with Crippen LogP contribution in [0.2, 0.25) is 0 Å². The second-order valence-electron chi connectivity index (χ2n) is 3.43. The van der Waals surface area contributed by atoms with E-state index in [4.69, 9.17) is 16.3 Å². The third-order valence-corrected chi connectivity index (χ3v) is 4.66. The van der Waals surface area contributed by atoms with Crippen LogP contribution in [0.15, 0.2) is 29.6 Å². The van der Waals surface area contributed by atoms with Gasteiger partial charge in [-0.25, -0.2) is 4.39 Å². The van der Waals surface area contributed by atoms with E-state index in [9.17, 15) is 4.39 Å². The van der Waals surface area contributed by atoms with E-state index in [2.05, 4.69) is 22.6 Å². The predicted molar refractivity (Wildman–Crippen MR) is 77.7 cm³/mol. The smallest absolute Gasteiger partial charge is 0.131 e. The first-order valence-electron chi connectivity index (χ1n) is 4.83. The van der Waals surface area contributed by atoms with E-state index in [1.54, 1.807) is 23.5 Å². The largest absolute Gasteiger partial charge is 0.497 e. The lowest BCUT2D eigenvalue weighted by Gasteiger charge is -2.10. The van der Waals surface area contributed by atoms with E-state index < -0.39 is 5.38 Å². The Hall–Kier alpha value is -0.330. The first kappa shape index (κ1) is 13.1. The van der Waals surface area contributed by atoms with Gasteiger partial charge in [0.2, 0.25) is 0 Å². The molecule has 0 N–H and O–H groups in total. The van der Waals surface area contributed by atoms with Gasteiger partial charge in [-0.05, 0) is 45.7 Å². The summed E-state index contributed by atoms with van der Waals surface area (Å²) in [4.78, 5) is 0. The van der Waals surface area contributed by atoms with E-state index in [1.807, 2.05) is 11.4 Å². The molecular weight excluding hydrogens is 374 g/mol. The molecule has 0 fully saturated rings. The van der Waals surface area contributed by atoms with Crippen molar-refractivity contribution in [3.63, 3.8) is 0 Å². The van der Waals surface area contributed by atoms with Gasteiger partial charge in [0.05, 0.1) is 15.4 Å². The van der Waals surface area contributed by atoms with E-state index in [0.29, 0.717) is 11.3 Å². The zero-order valence-corrected chi connectivity index (χ0v) is 12.6. The van der Waals surface area contributed by atoms with Crippen LogP contribution in [0.1, 0.15) is 16.5 Å². The summed E-state index contributed by atoms with van der Waals surface area (Å²) in [5, 5.41) is 1.49. The Bertz CT molecular complexity index is 529. The van der Waals surface area contributed by atoms with Crippen molar-refractivity contribution in [3.8, 4) is 5.75 Å². The molecular formula is C12H9ClFIOS. The molecule has 1 heterocycles. The standard InChI is InChI=1S/C12H9ClFIOS/c1-16-8-2-3-9(10(14)5-8)12(13)7-4-11(15)17-6-7/h2-6,12H,1H3. The van der Waals surface area contributed by atoms with Gasteiger partial charge in [0, 0.05) is 11.6 Å². The Morgan fingerprint density at radius 1 is 1.41 bits per heavy atom. The first-order valence-corrected chi connectivity index (χ1v) is 7.22. The van der Waals surface area contributed by atoms with Gasteiger partial charge in [0.25, 0.3) is 0 Å². The van der Waals surface area contributed by atoms with Gasteiger partial charge in [0.1, 0.15) is 11.6 Å². The number of thiophene rings is 1. The fraction of sp³-hybridized carbons (Fsp3) is 0.167. The Balaban J connectivity index is 2.34. The molecule has 0 amide bonds. The van der Waals surface area contributed by atoms with Crippen LogP contribution in [0.25, 0.3) is 0 Å². The summed E-state index contributed by atoms with van der Waals surface area (Å²) in [5.74, 6) is 0.153. The number of ether oxygens (including phenoxy) is 1. The highest BCUT2D eigenvalue weighted by atomic mass is 127. The average Bonchev–Trinajstić information content (AvgIpc) is 2.75. The quantitative estimate of drug-likeness (QED) is 0.546. The third-order valence-electron chi connectivity index (χ3n) is 2.36. The Morgan fingerprint density at radius 2 is 2.18 bits per heavy atom. The highest BCUT2D eigenvalue weighted by molar-refractivity contribution is 14.1. The van der Waals surface area contributed by atoms with Gasteiger partial charge >= 0.3 is 0 Å². The summed E-state index contributed by atoms with van der Waals surface area (Å²) in [6, 6.07) is 6.69. The Morgan fingerprint density at radius 3 is 2.71 bits per heavy atom. The molecule has 0 aliphatic carbocycles. The van der Waals surface area contributed by atoms with E-state index in [-0.39, 0.29) is 5.82 Å². The second-order valence-corrected chi connectivity index (χ2v) is 6.68. The summed E-state index contributed by atoms with van der Waals surface area (Å²) in [6.45, 7) is 0. The predicted octanol–water partition coefficient (Wildman–Crippen LogP) is 4.83. The van der Waals surface area contributed by atoms with Gasteiger partial charge < -0.3 is 4.74 Å². The molecule has 1 atom stereocenters. The normalized spacial score (nSPS) is 12.5. The summed E-state index contributed by atoms with van der Waals surface area (Å²) >= 11 is 10.1. The molecule has 0 aliphatic heterocycles. The minimum atomic E-state index is -0.458. The highest BCUT2D eigenvalue weighted by Gasteiger charge is 2.17. The minimum Gasteiger partial charge on any atom is -0.497 e. The van der Waals surface area contributed by atoms with Crippen LogP contribution < -0.4 is 4.74 Å². The fourth-order valence-electron chi connectivity index (χ4n) is 1.48. The lowest BCUT2D eigenvalue weighted by molar-refractivity contribution is 0.411. The molecule has 17 heavy (non-hydrogen) atoms. The van der Waals surface area contributed by atoms with Crippen molar-refractivity contribution >= 4 is 45.5 Å². The molecule has 0 spiro atoms. The van der Waals surface area contributed by atoms with E-state index in [0.717, 1.165) is 8.45 Å². The fourth-order valence-corrected chi connectivity index (χ4v) is 3.25. The number of methoxy groups -OCH3 is 1. The monoisotopic (exact) mass is 382 g/mol. The summed E-state index contributed by atoms with van der Waals surface area (Å²) in [6.07, 6.45) is 0. The van der Waals surface area contributed by atoms with Gasteiger partial charge in [0.15, 0.2) is 0 Å². The second kappa shape index (κ2) is 5.54. The van der Waals surface area contributed by atoms with Crippen LogP contribution in [0.4, 0.5) is 4.39 Å². The molecule has 0 bridgehead atoms. The van der Waals surface area contributed by atoms with Gasteiger partial charge in [-0.1, -0.05) is 6.07 Å². The number of benzene rings is 1. The SMILES string of the molecule is COc1ccc(C(Cl)c2csc(I)c2)c(F)c1. The van der Waals surface area contributed by atoms with Crippen molar-refractivity contribution < 1.29 is 9.13 Å². The van der Waals surface area contributed by atoms with Crippen molar-refractivity contribution in [2.24, 2.45) is 0 Å². The summed E-state index contributed by atoms with van der Waals surface area (Å²) in [7, 11) is 1.51. The molecule has 1 aromatic heterocycles. The van der Waals surface area contributed by atoms with Gasteiger partial charge in [-0.3, -0.25) is 0 Å². The topological polar surface area (TPSA) is 9.23 Å². The van der Waals surface area contributed by atoms with Crippen molar-refractivity contribution in [1.29, 1.82) is 0 Å². The van der Waals surface area contributed by atoms with Crippen molar-refractivity contribution in [3.05, 3.63) is 49.5 Å². The van der Waals surface area contributed by atoms with Crippen molar-refractivity contribution in [2.75, 3.05) is 7.11 Å². The summed E-state index contributed by atoms with van der Waals surface area (Å²) in [5.41, 5.74) is 1.40. The molecule has 0 saturated carbocycles. The molecule has 2 rings (SSSR count). The maximum absolute atomic E-state index is 13.8. The Kier molecular flexibility index (Phi) is 4.27. The van der Waals surface area contributed by atoms with Crippen molar-refractivity contribution in [2.45, 2.75) is 5.38 Å². The molecule has 5 heteroatoms. The molecule has 0 aliphatic rings. The number of hydrogen-bond donors (Lipinski definition) is 0. The molecule has 1 unspecified atom stereocenters. The minimum absolute atomic E-state index is 0.342. The van der Waals surface area contributed by atoms with Crippen LogP contribution >= 0.6 is 45.5 Å². The zero-order chi connectivity index (χ0) is 12.4. The summed E-state index contributed by atoms with van der Waals surface area (Å²) < 4.78 is 19.9. The van der Waals surface area contributed by atoms with E-state index >= 15 is 0 Å². The zero-order valence-electron chi connectivity index (χ0n) is 8.91. The van der Waals surface area contributed by atoms with E-state index in [1.165, 1.54) is 13.2 Å². The van der Waals surface area contributed by atoms with Crippen molar-refractivity contribution in [1.82, 2.24) is 0 Å². The number of alkyl halides is 1. The lowest BCUT2D eigenvalue weighted by atomic mass is 10.1. The van der Waals surface area contributed by atoms with Crippen LogP contribution in [0.3, 0.4) is 0 Å².